The van der Waals surface area contributed by atoms with Gasteiger partial charge in [0.25, 0.3) is 0 Å². The Balaban J connectivity index is 2.78. The lowest BCUT2D eigenvalue weighted by molar-refractivity contribution is 0.0975. The van der Waals surface area contributed by atoms with Gasteiger partial charge in [-0.25, -0.2) is 0 Å². The van der Waals surface area contributed by atoms with Crippen LogP contribution in [0.4, 0.5) is 0 Å². The van der Waals surface area contributed by atoms with Gasteiger partial charge in [-0.05, 0) is 12.1 Å². The minimum Gasteiger partial charge on any atom is -0.450 e. The number of rotatable bonds is 1. The predicted molar refractivity (Wildman–Crippen MR) is 52.6 cm³/mol. The van der Waals surface area contributed by atoms with E-state index in [0.29, 0.717) is 5.39 Å². The van der Waals surface area contributed by atoms with Crippen LogP contribution >= 0.6 is 0 Å². The smallest absolute Gasteiger partial charge is 0.351 e. The van der Waals surface area contributed by atoms with E-state index in [1.807, 2.05) is 0 Å². The van der Waals surface area contributed by atoms with Crippen LogP contribution < -0.4 is 5.43 Å². The van der Waals surface area contributed by atoms with Crippen molar-refractivity contribution < 1.29 is 9.21 Å². The number of carbonyl (C=O) groups excluding carboxylic acids is 1. The van der Waals surface area contributed by atoms with Gasteiger partial charge in [-0.3, -0.25) is 9.59 Å². The summed E-state index contributed by atoms with van der Waals surface area (Å²) in [5.41, 5.74) is -0.110. The maximum atomic E-state index is 11.5. The van der Waals surface area contributed by atoms with E-state index in [2.05, 4.69) is 5.18 Å². The second-order valence-corrected chi connectivity index (χ2v) is 2.87. The maximum Gasteiger partial charge on any atom is 0.351 e. The van der Waals surface area contributed by atoms with Crippen molar-refractivity contribution in [2.45, 2.75) is 0 Å². The Hall–Kier alpha value is -2.30. The third-order valence-corrected chi connectivity index (χ3v) is 1.93. The molecule has 0 radical (unpaired) electrons. The van der Waals surface area contributed by atoms with Crippen molar-refractivity contribution in [3.05, 3.63) is 51.2 Å². The van der Waals surface area contributed by atoms with Crippen molar-refractivity contribution in [1.29, 1.82) is 0 Å². The van der Waals surface area contributed by atoms with E-state index >= 15 is 0 Å². The van der Waals surface area contributed by atoms with Gasteiger partial charge in [0.1, 0.15) is 5.58 Å². The molecule has 74 valence electrons. The first-order valence-electron chi connectivity index (χ1n) is 4.13. The molecule has 1 aromatic carbocycles. The summed E-state index contributed by atoms with van der Waals surface area (Å²) in [7, 11) is 0. The Morgan fingerprint density at radius 3 is 2.73 bits per heavy atom. The molecule has 0 saturated carbocycles. The fraction of sp³-hybridized carbons (Fsp3) is 0. The summed E-state index contributed by atoms with van der Waals surface area (Å²) in [5, 5.41) is 2.55. The summed E-state index contributed by atoms with van der Waals surface area (Å²) in [5.74, 6) is -1.42. The number of para-hydroxylation sites is 1. The molecule has 0 saturated heterocycles. The molecule has 5 nitrogen and oxygen atoms in total. The van der Waals surface area contributed by atoms with Crippen molar-refractivity contribution in [2.75, 3.05) is 0 Å². The van der Waals surface area contributed by atoms with E-state index in [9.17, 15) is 14.5 Å². The zero-order chi connectivity index (χ0) is 10.8. The Morgan fingerprint density at radius 2 is 2.00 bits per heavy atom. The Labute approximate surface area is 83.3 Å². The molecule has 0 unspecified atom stereocenters. The zero-order valence-corrected chi connectivity index (χ0v) is 7.47. The molecule has 1 heterocycles. The van der Waals surface area contributed by atoms with Crippen LogP contribution in [0.5, 0.6) is 0 Å². The standard InChI is InChI=1S/C10H5NO4/c12-7-5-9(10(13)11-14)15-8-4-2-1-3-6(7)8/h1-5H. The largest absolute Gasteiger partial charge is 0.450 e. The predicted octanol–water partition coefficient (Wildman–Crippen LogP) is 1.70. The molecular weight excluding hydrogens is 198 g/mol. The summed E-state index contributed by atoms with van der Waals surface area (Å²) in [4.78, 5) is 32.4. The topological polar surface area (TPSA) is 76.7 Å². The van der Waals surface area contributed by atoms with Crippen LogP contribution in [-0.4, -0.2) is 5.91 Å². The number of hydrogen-bond acceptors (Lipinski definition) is 4. The van der Waals surface area contributed by atoms with Crippen LogP contribution in [0.15, 0.2) is 44.7 Å². The minimum absolute atomic E-state index is 0.261. The van der Waals surface area contributed by atoms with Crippen LogP contribution in [0.3, 0.4) is 0 Å². The Kier molecular flexibility index (Phi) is 2.13. The molecule has 0 aliphatic heterocycles. The van der Waals surface area contributed by atoms with Crippen molar-refractivity contribution >= 4 is 16.9 Å². The maximum absolute atomic E-state index is 11.5. The molecule has 0 bridgehead atoms. The highest BCUT2D eigenvalue weighted by molar-refractivity contribution is 5.93. The van der Waals surface area contributed by atoms with Crippen LogP contribution in [0, 0.1) is 4.91 Å². The van der Waals surface area contributed by atoms with Gasteiger partial charge >= 0.3 is 5.91 Å². The van der Waals surface area contributed by atoms with E-state index in [4.69, 9.17) is 4.42 Å². The van der Waals surface area contributed by atoms with Gasteiger partial charge in [-0.2, -0.15) is 0 Å². The monoisotopic (exact) mass is 203 g/mol. The summed E-state index contributed by atoms with van der Waals surface area (Å²) in [6.07, 6.45) is 0. The highest BCUT2D eigenvalue weighted by Gasteiger charge is 2.11. The zero-order valence-electron chi connectivity index (χ0n) is 7.47. The van der Waals surface area contributed by atoms with Crippen molar-refractivity contribution in [1.82, 2.24) is 0 Å². The van der Waals surface area contributed by atoms with E-state index in [-0.39, 0.29) is 16.8 Å². The average molecular weight is 203 g/mol. The second-order valence-electron chi connectivity index (χ2n) is 2.87. The van der Waals surface area contributed by atoms with Crippen LogP contribution in [0.1, 0.15) is 10.6 Å². The fourth-order valence-corrected chi connectivity index (χ4v) is 1.25. The highest BCUT2D eigenvalue weighted by atomic mass is 16.4. The van der Waals surface area contributed by atoms with E-state index in [1.165, 1.54) is 6.07 Å². The van der Waals surface area contributed by atoms with Crippen molar-refractivity contribution in [3.63, 3.8) is 0 Å². The quantitative estimate of drug-likeness (QED) is 0.661. The number of benzene rings is 1. The molecule has 0 aliphatic carbocycles. The van der Waals surface area contributed by atoms with Crippen LogP contribution in [-0.2, 0) is 0 Å². The third-order valence-electron chi connectivity index (χ3n) is 1.93. The van der Waals surface area contributed by atoms with E-state index in [0.717, 1.165) is 6.07 Å². The van der Waals surface area contributed by atoms with Crippen LogP contribution in [0.25, 0.3) is 11.0 Å². The first kappa shape index (κ1) is 9.26. The van der Waals surface area contributed by atoms with Gasteiger partial charge in [-0.15, -0.1) is 4.91 Å². The van der Waals surface area contributed by atoms with Crippen molar-refractivity contribution in [2.24, 2.45) is 5.18 Å². The molecule has 0 aliphatic rings. The lowest BCUT2D eigenvalue weighted by Crippen LogP contribution is -2.04. The number of nitroso groups, excluding NO2 is 1. The molecule has 2 aromatic rings. The summed E-state index contributed by atoms with van der Waals surface area (Å²) >= 11 is 0. The van der Waals surface area contributed by atoms with Gasteiger partial charge in [0.15, 0.2) is 5.43 Å². The lowest BCUT2D eigenvalue weighted by atomic mass is 10.2. The normalized spacial score (nSPS) is 10.1. The third kappa shape index (κ3) is 1.54. The Bertz CT molecular complexity index is 600. The van der Waals surface area contributed by atoms with Crippen molar-refractivity contribution in [3.8, 4) is 0 Å². The first-order chi connectivity index (χ1) is 7.22. The molecule has 1 aromatic heterocycles. The summed E-state index contributed by atoms with van der Waals surface area (Å²) in [6.45, 7) is 0. The SMILES string of the molecule is O=NC(=O)c1cc(=O)c2ccccc2o1. The molecule has 15 heavy (non-hydrogen) atoms. The number of fused-ring (bicyclic) bond motifs is 1. The Morgan fingerprint density at radius 1 is 1.27 bits per heavy atom. The fourth-order valence-electron chi connectivity index (χ4n) is 1.25. The van der Waals surface area contributed by atoms with E-state index < -0.39 is 5.91 Å². The molecule has 1 amide bonds. The highest BCUT2D eigenvalue weighted by Crippen LogP contribution is 2.11. The lowest BCUT2D eigenvalue weighted by Gasteiger charge is -1.96. The van der Waals surface area contributed by atoms with Gasteiger partial charge in [0.05, 0.1) is 5.39 Å². The average Bonchev–Trinajstić information content (AvgIpc) is 2.28. The molecule has 0 atom stereocenters. The summed E-state index contributed by atoms with van der Waals surface area (Å²) < 4.78 is 5.05. The number of nitrogens with zero attached hydrogens (tertiary/aromatic N) is 1. The van der Waals surface area contributed by atoms with E-state index in [1.54, 1.807) is 18.2 Å². The number of hydrogen-bond donors (Lipinski definition) is 0. The van der Waals surface area contributed by atoms with Crippen LogP contribution in [0.2, 0.25) is 0 Å². The first-order valence-corrected chi connectivity index (χ1v) is 4.13. The molecule has 0 fully saturated rings. The molecule has 5 heteroatoms. The second kappa shape index (κ2) is 3.45. The van der Waals surface area contributed by atoms with Gasteiger partial charge < -0.3 is 4.42 Å². The summed E-state index contributed by atoms with van der Waals surface area (Å²) in [6, 6.07) is 7.42. The molecule has 2 rings (SSSR count). The molecule has 0 N–H and O–H groups in total. The van der Waals surface area contributed by atoms with Gasteiger partial charge in [-0.1, -0.05) is 12.1 Å². The van der Waals surface area contributed by atoms with Gasteiger partial charge in [0.2, 0.25) is 5.76 Å². The number of amides is 1. The molecule has 0 spiro atoms. The van der Waals surface area contributed by atoms with Gasteiger partial charge in [0, 0.05) is 11.2 Å². The number of carbonyl (C=O) groups is 1. The minimum atomic E-state index is -1.09. The molecular formula is C10H5NO4.